The van der Waals surface area contributed by atoms with Crippen molar-refractivity contribution in [3.8, 4) is 0 Å². The highest BCUT2D eigenvalue weighted by molar-refractivity contribution is 7.99. The van der Waals surface area contributed by atoms with Crippen LogP contribution in [0, 0.1) is 17.6 Å². The number of benzene rings is 2. The largest absolute Gasteiger partial charge is 0.355 e. The summed E-state index contributed by atoms with van der Waals surface area (Å²) in [5.41, 5.74) is 0.00111. The van der Waals surface area contributed by atoms with Crippen molar-refractivity contribution in [3.05, 3.63) is 72.3 Å². The number of anilines is 2. The Morgan fingerprint density at radius 2 is 1.77 bits per heavy atom. The van der Waals surface area contributed by atoms with Gasteiger partial charge in [-0.25, -0.2) is 8.78 Å². The summed E-state index contributed by atoms with van der Waals surface area (Å²) < 4.78 is 26.8. The molecule has 2 heterocycles. The number of nitrogens with zero attached hydrogens (tertiary/aromatic N) is 3. The maximum atomic E-state index is 13.8. The van der Waals surface area contributed by atoms with E-state index in [2.05, 4.69) is 20.4 Å². The zero-order valence-electron chi connectivity index (χ0n) is 16.1. The average molecular weight is 426 g/mol. The van der Waals surface area contributed by atoms with Gasteiger partial charge in [-0.3, -0.25) is 4.79 Å². The first-order chi connectivity index (χ1) is 14.6. The molecule has 1 amide bonds. The summed E-state index contributed by atoms with van der Waals surface area (Å²) in [6, 6.07) is 17.0. The molecule has 0 spiro atoms. The molecule has 30 heavy (non-hydrogen) atoms. The SMILES string of the molecule is O=C(Nc1ccc(F)cc1F)C1CCN(c2ccc(Sc3ccccc3)nn2)CC1. The molecule has 0 aliphatic carbocycles. The lowest BCUT2D eigenvalue weighted by molar-refractivity contribution is -0.120. The van der Waals surface area contributed by atoms with Gasteiger partial charge in [-0.1, -0.05) is 30.0 Å². The number of carbonyl (C=O) groups is 1. The molecule has 8 heteroatoms. The monoisotopic (exact) mass is 426 g/mol. The van der Waals surface area contributed by atoms with Crippen molar-refractivity contribution in [3.63, 3.8) is 0 Å². The minimum Gasteiger partial charge on any atom is -0.355 e. The predicted octanol–water partition coefficient (Wildman–Crippen LogP) is 4.76. The van der Waals surface area contributed by atoms with Crippen LogP contribution in [0.1, 0.15) is 12.8 Å². The first kappa shape index (κ1) is 20.3. The second-order valence-corrected chi connectivity index (χ2v) is 8.11. The van der Waals surface area contributed by atoms with Gasteiger partial charge in [0.1, 0.15) is 16.7 Å². The summed E-state index contributed by atoms with van der Waals surface area (Å²) in [6.45, 7) is 1.31. The Labute approximate surface area is 177 Å². The number of nitrogens with one attached hydrogen (secondary N) is 1. The van der Waals surface area contributed by atoms with Crippen LogP contribution in [-0.4, -0.2) is 29.2 Å². The van der Waals surface area contributed by atoms with Crippen LogP contribution in [0.2, 0.25) is 0 Å². The fourth-order valence-electron chi connectivity index (χ4n) is 3.34. The van der Waals surface area contributed by atoms with Crippen LogP contribution in [0.4, 0.5) is 20.3 Å². The smallest absolute Gasteiger partial charge is 0.227 e. The molecule has 1 N–H and O–H groups in total. The van der Waals surface area contributed by atoms with E-state index in [0.29, 0.717) is 25.9 Å². The standard InChI is InChI=1S/C22H20F2N4OS/c23-16-6-7-19(18(24)14-16)25-22(29)15-10-12-28(13-11-15)20-8-9-21(27-26-20)30-17-4-2-1-3-5-17/h1-9,14-15H,10-13H2,(H,25,29). The zero-order chi connectivity index (χ0) is 20.9. The van der Waals surface area contributed by atoms with Crippen LogP contribution in [0.5, 0.6) is 0 Å². The van der Waals surface area contributed by atoms with E-state index in [1.807, 2.05) is 42.5 Å². The normalized spacial score (nSPS) is 14.5. The van der Waals surface area contributed by atoms with E-state index in [9.17, 15) is 13.6 Å². The van der Waals surface area contributed by atoms with E-state index < -0.39 is 11.6 Å². The highest BCUT2D eigenvalue weighted by atomic mass is 32.2. The molecule has 154 valence electrons. The fraction of sp³-hybridized carbons (Fsp3) is 0.227. The molecule has 3 aromatic rings. The maximum Gasteiger partial charge on any atom is 0.227 e. The van der Waals surface area contributed by atoms with Gasteiger partial charge in [-0.15, -0.1) is 10.2 Å². The van der Waals surface area contributed by atoms with Gasteiger partial charge in [0, 0.05) is 30.0 Å². The van der Waals surface area contributed by atoms with Crippen molar-refractivity contribution in [1.82, 2.24) is 10.2 Å². The molecule has 0 radical (unpaired) electrons. The lowest BCUT2D eigenvalue weighted by Crippen LogP contribution is -2.38. The van der Waals surface area contributed by atoms with E-state index in [1.54, 1.807) is 11.8 Å². The highest BCUT2D eigenvalue weighted by Gasteiger charge is 2.26. The fourth-order valence-corrected chi connectivity index (χ4v) is 4.09. The van der Waals surface area contributed by atoms with E-state index in [4.69, 9.17) is 0 Å². The second-order valence-electron chi connectivity index (χ2n) is 7.02. The summed E-state index contributed by atoms with van der Waals surface area (Å²) in [4.78, 5) is 15.6. The van der Waals surface area contributed by atoms with E-state index in [0.717, 1.165) is 27.9 Å². The molecule has 0 unspecified atom stereocenters. The number of hydrogen-bond donors (Lipinski definition) is 1. The van der Waals surface area contributed by atoms with Crippen molar-refractivity contribution in [2.45, 2.75) is 22.8 Å². The van der Waals surface area contributed by atoms with Crippen LogP contribution in [0.25, 0.3) is 0 Å². The Balaban J connectivity index is 1.31. The maximum absolute atomic E-state index is 13.8. The third-order valence-electron chi connectivity index (χ3n) is 4.97. The second kappa shape index (κ2) is 9.21. The van der Waals surface area contributed by atoms with Crippen LogP contribution < -0.4 is 10.2 Å². The van der Waals surface area contributed by atoms with Gasteiger partial charge in [0.2, 0.25) is 5.91 Å². The molecular weight excluding hydrogens is 406 g/mol. The molecule has 0 atom stereocenters. The van der Waals surface area contributed by atoms with Gasteiger partial charge in [-0.2, -0.15) is 0 Å². The number of amides is 1. The van der Waals surface area contributed by atoms with Gasteiger partial charge < -0.3 is 10.2 Å². The van der Waals surface area contributed by atoms with Crippen LogP contribution >= 0.6 is 11.8 Å². The van der Waals surface area contributed by atoms with Gasteiger partial charge in [0.15, 0.2) is 5.82 Å². The lowest BCUT2D eigenvalue weighted by atomic mass is 9.96. The van der Waals surface area contributed by atoms with Crippen molar-refractivity contribution >= 4 is 29.2 Å². The van der Waals surface area contributed by atoms with E-state index in [1.165, 1.54) is 6.07 Å². The molecule has 1 aliphatic rings. The third-order valence-corrected chi connectivity index (χ3v) is 5.91. The van der Waals surface area contributed by atoms with Gasteiger partial charge in [0.25, 0.3) is 0 Å². The molecule has 2 aromatic carbocycles. The molecule has 1 aliphatic heterocycles. The quantitative estimate of drug-likeness (QED) is 0.637. The Bertz CT molecular complexity index is 1010. The first-order valence-electron chi connectivity index (χ1n) is 9.66. The summed E-state index contributed by atoms with van der Waals surface area (Å²) in [7, 11) is 0. The Morgan fingerprint density at radius 1 is 1.00 bits per heavy atom. The number of aromatic nitrogens is 2. The zero-order valence-corrected chi connectivity index (χ0v) is 16.9. The van der Waals surface area contributed by atoms with Crippen LogP contribution in [-0.2, 0) is 4.79 Å². The van der Waals surface area contributed by atoms with Crippen LogP contribution in [0.3, 0.4) is 0 Å². The van der Waals surface area contributed by atoms with E-state index in [-0.39, 0.29) is 17.5 Å². The summed E-state index contributed by atoms with van der Waals surface area (Å²) in [5.74, 6) is -1.15. The van der Waals surface area contributed by atoms with Crippen LogP contribution in [0.15, 0.2) is 70.6 Å². The Morgan fingerprint density at radius 3 is 2.43 bits per heavy atom. The molecule has 5 nitrogen and oxygen atoms in total. The Kier molecular flexibility index (Phi) is 6.23. The molecule has 1 saturated heterocycles. The number of hydrogen-bond acceptors (Lipinski definition) is 5. The van der Waals surface area contributed by atoms with Crippen molar-refractivity contribution in [2.75, 3.05) is 23.3 Å². The lowest BCUT2D eigenvalue weighted by Gasteiger charge is -2.31. The summed E-state index contributed by atoms with van der Waals surface area (Å²) in [5, 5.41) is 12.0. The van der Waals surface area contributed by atoms with Gasteiger partial charge >= 0.3 is 0 Å². The molecular formula is C22H20F2N4OS. The van der Waals surface area contributed by atoms with E-state index >= 15 is 0 Å². The summed E-state index contributed by atoms with van der Waals surface area (Å²) in [6.07, 6.45) is 1.24. The Hall–Kier alpha value is -3.00. The number of halogens is 2. The molecule has 1 fully saturated rings. The number of carbonyl (C=O) groups excluding carboxylic acids is 1. The minimum atomic E-state index is -0.774. The first-order valence-corrected chi connectivity index (χ1v) is 10.5. The molecule has 4 rings (SSSR count). The molecule has 0 bridgehead atoms. The topological polar surface area (TPSA) is 58.1 Å². The van der Waals surface area contributed by atoms with Gasteiger partial charge in [0.05, 0.1) is 5.69 Å². The summed E-state index contributed by atoms with van der Waals surface area (Å²) >= 11 is 1.55. The highest BCUT2D eigenvalue weighted by Crippen LogP contribution is 2.27. The predicted molar refractivity (Wildman–Crippen MR) is 113 cm³/mol. The molecule has 0 saturated carbocycles. The molecule has 1 aromatic heterocycles. The van der Waals surface area contributed by atoms with Crippen molar-refractivity contribution in [2.24, 2.45) is 5.92 Å². The third kappa shape index (κ3) is 4.94. The van der Waals surface area contributed by atoms with Crippen molar-refractivity contribution < 1.29 is 13.6 Å². The number of rotatable bonds is 5. The average Bonchev–Trinajstić information content (AvgIpc) is 2.77. The minimum absolute atomic E-state index is 0.00111. The number of piperidine rings is 1. The van der Waals surface area contributed by atoms with Crippen molar-refractivity contribution in [1.29, 1.82) is 0 Å². The van der Waals surface area contributed by atoms with Gasteiger partial charge in [-0.05, 0) is 49.2 Å².